The lowest BCUT2D eigenvalue weighted by molar-refractivity contribution is -0.138. The van der Waals surface area contributed by atoms with E-state index < -0.39 is 5.97 Å². The van der Waals surface area contributed by atoms with Crippen LogP contribution in [0.25, 0.3) is 0 Å². The Labute approximate surface area is 131 Å². The molecule has 1 rings (SSSR count). The molecule has 0 N–H and O–H groups in total. The van der Waals surface area contributed by atoms with Crippen LogP contribution < -0.4 is 0 Å². The highest BCUT2D eigenvalue weighted by molar-refractivity contribution is 5.90. The standard InChI is InChI=1S/C17H23NO4/c1-5-22-17(20)13(2)14(3)18(16(19)12-21-4)11-15-9-7-6-8-10-15/h6-10H,5,11-12H2,1-4H3/b14-13-. The number of rotatable bonds is 7. The highest BCUT2D eigenvalue weighted by Crippen LogP contribution is 2.16. The number of allylic oxidation sites excluding steroid dienone is 1. The first kappa shape index (κ1) is 17.9. The highest BCUT2D eigenvalue weighted by Gasteiger charge is 2.20. The lowest BCUT2D eigenvalue weighted by Gasteiger charge is -2.25. The van der Waals surface area contributed by atoms with Crippen molar-refractivity contribution in [1.82, 2.24) is 4.90 Å². The molecular formula is C17H23NO4. The van der Waals surface area contributed by atoms with Crippen LogP contribution in [0, 0.1) is 0 Å². The van der Waals surface area contributed by atoms with E-state index in [-0.39, 0.29) is 12.5 Å². The Morgan fingerprint density at radius 2 is 1.77 bits per heavy atom. The van der Waals surface area contributed by atoms with Crippen molar-refractivity contribution in [1.29, 1.82) is 0 Å². The second-order valence-corrected chi connectivity index (χ2v) is 4.83. The normalized spacial score (nSPS) is 11.6. The maximum atomic E-state index is 12.3. The summed E-state index contributed by atoms with van der Waals surface area (Å²) in [5.74, 6) is -0.615. The Kier molecular flexibility index (Phi) is 7.32. The third-order valence-corrected chi connectivity index (χ3v) is 3.28. The second kappa shape index (κ2) is 9.00. The third kappa shape index (κ3) is 5.00. The molecule has 0 fully saturated rings. The van der Waals surface area contributed by atoms with Crippen LogP contribution in [-0.2, 0) is 25.6 Å². The van der Waals surface area contributed by atoms with Crippen LogP contribution in [0.1, 0.15) is 26.3 Å². The van der Waals surface area contributed by atoms with E-state index in [9.17, 15) is 9.59 Å². The third-order valence-electron chi connectivity index (χ3n) is 3.28. The van der Waals surface area contributed by atoms with Gasteiger partial charge >= 0.3 is 5.97 Å². The van der Waals surface area contributed by atoms with Crippen LogP contribution in [-0.4, -0.2) is 37.1 Å². The summed E-state index contributed by atoms with van der Waals surface area (Å²) in [4.78, 5) is 25.7. The first-order valence-electron chi connectivity index (χ1n) is 7.19. The van der Waals surface area contributed by atoms with Crippen molar-refractivity contribution in [3.63, 3.8) is 0 Å². The second-order valence-electron chi connectivity index (χ2n) is 4.83. The van der Waals surface area contributed by atoms with Gasteiger partial charge in [0.05, 0.1) is 18.7 Å². The van der Waals surface area contributed by atoms with E-state index >= 15 is 0 Å². The molecule has 0 aliphatic heterocycles. The van der Waals surface area contributed by atoms with E-state index in [1.165, 1.54) is 7.11 Å². The van der Waals surface area contributed by atoms with Gasteiger partial charge in [-0.15, -0.1) is 0 Å². The van der Waals surface area contributed by atoms with Gasteiger partial charge in [-0.1, -0.05) is 30.3 Å². The Balaban J connectivity index is 3.06. The minimum Gasteiger partial charge on any atom is -0.463 e. The molecule has 5 heteroatoms. The zero-order valence-corrected chi connectivity index (χ0v) is 13.6. The van der Waals surface area contributed by atoms with Crippen molar-refractivity contribution in [3.8, 4) is 0 Å². The summed E-state index contributed by atoms with van der Waals surface area (Å²) in [5.41, 5.74) is 1.97. The lowest BCUT2D eigenvalue weighted by Crippen LogP contribution is -2.33. The SMILES string of the molecule is CCOC(=O)/C(C)=C(/C)N(Cc1ccccc1)C(=O)COC. The Morgan fingerprint density at radius 1 is 1.14 bits per heavy atom. The van der Waals surface area contributed by atoms with Crippen LogP contribution in [0.3, 0.4) is 0 Å². The molecule has 0 unspecified atom stereocenters. The van der Waals surface area contributed by atoms with Gasteiger partial charge in [0.25, 0.3) is 5.91 Å². The average molecular weight is 305 g/mol. The maximum absolute atomic E-state index is 12.3. The summed E-state index contributed by atoms with van der Waals surface area (Å²) in [6.45, 7) is 5.78. The number of amides is 1. The molecule has 0 atom stereocenters. The number of carbonyl (C=O) groups is 2. The molecule has 22 heavy (non-hydrogen) atoms. The highest BCUT2D eigenvalue weighted by atomic mass is 16.5. The summed E-state index contributed by atoms with van der Waals surface area (Å²) >= 11 is 0. The van der Waals surface area contributed by atoms with Crippen molar-refractivity contribution in [2.75, 3.05) is 20.3 Å². The zero-order chi connectivity index (χ0) is 16.5. The maximum Gasteiger partial charge on any atom is 0.335 e. The van der Waals surface area contributed by atoms with E-state index in [4.69, 9.17) is 9.47 Å². The van der Waals surface area contributed by atoms with Gasteiger partial charge in [0.2, 0.25) is 0 Å². The fourth-order valence-corrected chi connectivity index (χ4v) is 1.95. The zero-order valence-electron chi connectivity index (χ0n) is 13.6. The van der Waals surface area contributed by atoms with Crippen molar-refractivity contribution >= 4 is 11.9 Å². The number of benzene rings is 1. The first-order valence-corrected chi connectivity index (χ1v) is 7.19. The van der Waals surface area contributed by atoms with E-state index in [0.717, 1.165) is 5.56 Å². The number of hydrogen-bond acceptors (Lipinski definition) is 4. The van der Waals surface area contributed by atoms with Crippen LogP contribution in [0.2, 0.25) is 0 Å². The number of ether oxygens (including phenoxy) is 2. The van der Waals surface area contributed by atoms with Crippen LogP contribution >= 0.6 is 0 Å². The molecule has 5 nitrogen and oxygen atoms in total. The van der Waals surface area contributed by atoms with Gasteiger partial charge in [0, 0.05) is 12.8 Å². The number of nitrogens with zero attached hydrogens (tertiary/aromatic N) is 1. The van der Waals surface area contributed by atoms with Crippen molar-refractivity contribution < 1.29 is 19.1 Å². The van der Waals surface area contributed by atoms with E-state index in [2.05, 4.69) is 0 Å². The predicted octanol–water partition coefficient (Wildman–Crippen LogP) is 2.52. The van der Waals surface area contributed by atoms with Gasteiger partial charge in [-0.2, -0.15) is 0 Å². The molecule has 1 aromatic carbocycles. The summed E-state index contributed by atoms with van der Waals surface area (Å²) in [7, 11) is 1.47. The molecule has 0 radical (unpaired) electrons. The number of carbonyl (C=O) groups excluding carboxylic acids is 2. The molecule has 0 saturated heterocycles. The first-order chi connectivity index (χ1) is 10.5. The van der Waals surface area contributed by atoms with Gasteiger partial charge in [0.15, 0.2) is 0 Å². The predicted molar refractivity (Wildman–Crippen MR) is 83.9 cm³/mol. The summed E-state index contributed by atoms with van der Waals surface area (Å²) < 4.78 is 9.93. The fraction of sp³-hybridized carbons (Fsp3) is 0.412. The minimum atomic E-state index is -0.414. The molecular weight excluding hydrogens is 282 g/mol. The molecule has 1 amide bonds. The minimum absolute atomic E-state index is 0.0414. The smallest absolute Gasteiger partial charge is 0.335 e. The molecule has 0 heterocycles. The van der Waals surface area contributed by atoms with Gasteiger partial charge < -0.3 is 14.4 Å². The molecule has 0 bridgehead atoms. The fourth-order valence-electron chi connectivity index (χ4n) is 1.95. The van der Waals surface area contributed by atoms with Crippen molar-refractivity contribution in [2.45, 2.75) is 27.3 Å². The van der Waals surface area contributed by atoms with Crippen LogP contribution in [0.15, 0.2) is 41.6 Å². The summed E-state index contributed by atoms with van der Waals surface area (Å²) in [6, 6.07) is 9.59. The van der Waals surface area contributed by atoms with E-state index in [1.54, 1.807) is 25.7 Å². The summed E-state index contributed by atoms with van der Waals surface area (Å²) in [5, 5.41) is 0. The lowest BCUT2D eigenvalue weighted by atomic mass is 10.1. The number of methoxy groups -OCH3 is 1. The average Bonchev–Trinajstić information content (AvgIpc) is 2.52. The molecule has 0 saturated carbocycles. The Hall–Kier alpha value is -2.14. The van der Waals surface area contributed by atoms with Crippen LogP contribution in [0.5, 0.6) is 0 Å². The van der Waals surface area contributed by atoms with Crippen molar-refractivity contribution in [2.24, 2.45) is 0 Å². The molecule has 0 aromatic heterocycles. The van der Waals surface area contributed by atoms with E-state index in [0.29, 0.717) is 24.4 Å². The molecule has 0 aliphatic carbocycles. The van der Waals surface area contributed by atoms with Gasteiger partial charge in [0.1, 0.15) is 6.61 Å². The largest absolute Gasteiger partial charge is 0.463 e. The Morgan fingerprint density at radius 3 is 2.32 bits per heavy atom. The molecule has 0 aliphatic rings. The topological polar surface area (TPSA) is 55.8 Å². The number of esters is 1. The van der Waals surface area contributed by atoms with Gasteiger partial charge in [-0.3, -0.25) is 4.79 Å². The van der Waals surface area contributed by atoms with Gasteiger partial charge in [-0.25, -0.2) is 4.79 Å². The molecule has 1 aromatic rings. The van der Waals surface area contributed by atoms with Crippen LogP contribution in [0.4, 0.5) is 0 Å². The van der Waals surface area contributed by atoms with Gasteiger partial charge in [-0.05, 0) is 26.3 Å². The molecule has 0 spiro atoms. The monoisotopic (exact) mass is 305 g/mol. The summed E-state index contributed by atoms with van der Waals surface area (Å²) in [6.07, 6.45) is 0. The Bertz CT molecular complexity index is 537. The quantitative estimate of drug-likeness (QED) is 0.574. The number of hydrogen-bond donors (Lipinski definition) is 0. The molecule has 120 valence electrons. The van der Waals surface area contributed by atoms with E-state index in [1.807, 2.05) is 30.3 Å². The van der Waals surface area contributed by atoms with Crippen molar-refractivity contribution in [3.05, 3.63) is 47.2 Å².